The molecule has 1 amide bonds. The predicted octanol–water partition coefficient (Wildman–Crippen LogP) is 3.72. The highest BCUT2D eigenvalue weighted by atomic mass is 16.6. The van der Waals surface area contributed by atoms with Crippen molar-refractivity contribution in [2.45, 2.75) is 39.4 Å². The normalized spacial score (nSPS) is 19.3. The van der Waals surface area contributed by atoms with Gasteiger partial charge in [0.05, 0.1) is 0 Å². The number of benzene rings is 2. The number of fused-ring (bicyclic) bond motifs is 1. The van der Waals surface area contributed by atoms with Gasteiger partial charge in [-0.3, -0.25) is 4.79 Å². The molecule has 0 saturated heterocycles. The first-order valence-electron chi connectivity index (χ1n) is 7.92. The summed E-state index contributed by atoms with van der Waals surface area (Å²) in [6, 6.07) is 13.4. The first-order valence-corrected chi connectivity index (χ1v) is 7.92. The van der Waals surface area contributed by atoms with Crippen molar-refractivity contribution in [1.82, 2.24) is 0 Å². The monoisotopic (exact) mass is 311 g/mol. The van der Waals surface area contributed by atoms with Gasteiger partial charge in [0, 0.05) is 5.69 Å². The van der Waals surface area contributed by atoms with E-state index in [1.807, 2.05) is 56.3 Å². The van der Waals surface area contributed by atoms with Crippen LogP contribution in [-0.4, -0.2) is 18.1 Å². The molecule has 120 valence electrons. The van der Waals surface area contributed by atoms with E-state index in [4.69, 9.17) is 9.47 Å². The Morgan fingerprint density at radius 3 is 2.48 bits per heavy atom. The number of hydrogen-bond donors (Lipinski definition) is 1. The molecular weight excluding hydrogens is 290 g/mol. The molecule has 1 aliphatic heterocycles. The maximum atomic E-state index is 12.7. The first-order chi connectivity index (χ1) is 11.1. The van der Waals surface area contributed by atoms with Crippen molar-refractivity contribution in [2.75, 3.05) is 5.32 Å². The van der Waals surface area contributed by atoms with Crippen LogP contribution in [-0.2, 0) is 11.2 Å². The smallest absolute Gasteiger partial charge is 0.269 e. The van der Waals surface area contributed by atoms with Gasteiger partial charge < -0.3 is 14.8 Å². The molecule has 0 bridgehead atoms. The van der Waals surface area contributed by atoms with E-state index >= 15 is 0 Å². The fourth-order valence-electron chi connectivity index (χ4n) is 2.80. The van der Waals surface area contributed by atoms with Gasteiger partial charge in [-0.1, -0.05) is 37.3 Å². The number of amides is 1. The number of carbonyl (C=O) groups is 1. The molecule has 0 aliphatic carbocycles. The van der Waals surface area contributed by atoms with Crippen molar-refractivity contribution in [3.63, 3.8) is 0 Å². The lowest BCUT2D eigenvalue weighted by Crippen LogP contribution is -2.46. The molecule has 2 unspecified atom stereocenters. The average Bonchev–Trinajstić information content (AvgIpc) is 2.55. The van der Waals surface area contributed by atoms with E-state index in [0.29, 0.717) is 11.5 Å². The fourth-order valence-corrected chi connectivity index (χ4v) is 2.80. The number of hydrogen-bond acceptors (Lipinski definition) is 3. The number of anilines is 1. The molecule has 0 aromatic heterocycles. The van der Waals surface area contributed by atoms with Gasteiger partial charge in [0.15, 0.2) is 11.5 Å². The van der Waals surface area contributed by atoms with Crippen molar-refractivity contribution >= 4 is 11.6 Å². The summed E-state index contributed by atoms with van der Waals surface area (Å²) in [5.41, 5.74) is 3.03. The van der Waals surface area contributed by atoms with Crippen LogP contribution in [0.4, 0.5) is 5.69 Å². The number of carbonyl (C=O) groups excluding carboxylic acids is 1. The molecule has 2 atom stereocenters. The minimum absolute atomic E-state index is 0.184. The summed E-state index contributed by atoms with van der Waals surface area (Å²) < 4.78 is 11.7. The molecule has 0 spiro atoms. The highest BCUT2D eigenvalue weighted by Gasteiger charge is 2.34. The quantitative estimate of drug-likeness (QED) is 0.939. The number of aryl methyl sites for hydroxylation is 2. The molecule has 4 heteroatoms. The standard InChI is InChI=1S/C19H21NO3/c1-4-14-9-7-8-12(2)17(14)20-19(21)18-13(3)22-15-10-5-6-11-16(15)23-18/h5-11,13,18H,4H2,1-3H3,(H,20,21). The maximum Gasteiger partial charge on any atom is 0.269 e. The number of rotatable bonds is 3. The zero-order chi connectivity index (χ0) is 16.4. The minimum atomic E-state index is -0.672. The second-order valence-corrected chi connectivity index (χ2v) is 5.76. The van der Waals surface area contributed by atoms with E-state index in [-0.39, 0.29) is 12.0 Å². The largest absolute Gasteiger partial charge is 0.482 e. The van der Waals surface area contributed by atoms with E-state index < -0.39 is 6.10 Å². The SMILES string of the molecule is CCc1cccc(C)c1NC(=O)C1Oc2ccccc2OC1C. The average molecular weight is 311 g/mol. The molecule has 0 radical (unpaired) electrons. The van der Waals surface area contributed by atoms with Gasteiger partial charge in [0.1, 0.15) is 6.10 Å². The molecule has 0 fully saturated rings. The van der Waals surface area contributed by atoms with Gasteiger partial charge in [0.2, 0.25) is 6.10 Å². The van der Waals surface area contributed by atoms with Crippen molar-refractivity contribution in [2.24, 2.45) is 0 Å². The van der Waals surface area contributed by atoms with Gasteiger partial charge in [-0.15, -0.1) is 0 Å². The van der Waals surface area contributed by atoms with Gasteiger partial charge in [-0.25, -0.2) is 0 Å². The highest BCUT2D eigenvalue weighted by Crippen LogP contribution is 2.34. The summed E-state index contributed by atoms with van der Waals surface area (Å²) in [6.45, 7) is 5.91. The molecule has 23 heavy (non-hydrogen) atoms. The minimum Gasteiger partial charge on any atom is -0.482 e. The van der Waals surface area contributed by atoms with Gasteiger partial charge in [-0.05, 0) is 43.5 Å². The van der Waals surface area contributed by atoms with Crippen molar-refractivity contribution < 1.29 is 14.3 Å². The lowest BCUT2D eigenvalue weighted by molar-refractivity contribution is -0.128. The Labute approximate surface area is 136 Å². The van der Waals surface area contributed by atoms with Gasteiger partial charge in [-0.2, -0.15) is 0 Å². The zero-order valence-electron chi connectivity index (χ0n) is 13.6. The maximum absolute atomic E-state index is 12.7. The van der Waals surface area contributed by atoms with Crippen LogP contribution >= 0.6 is 0 Å². The van der Waals surface area contributed by atoms with Gasteiger partial charge in [0.25, 0.3) is 5.91 Å². The second kappa shape index (κ2) is 6.32. The van der Waals surface area contributed by atoms with Gasteiger partial charge >= 0.3 is 0 Å². The Hall–Kier alpha value is -2.49. The lowest BCUT2D eigenvalue weighted by Gasteiger charge is -2.31. The highest BCUT2D eigenvalue weighted by molar-refractivity contribution is 5.96. The van der Waals surface area contributed by atoms with E-state index in [1.54, 1.807) is 0 Å². The Morgan fingerprint density at radius 2 is 1.78 bits per heavy atom. The summed E-state index contributed by atoms with van der Waals surface area (Å²) in [5.74, 6) is 1.09. The van der Waals surface area contributed by atoms with E-state index in [9.17, 15) is 4.79 Å². The van der Waals surface area contributed by atoms with Crippen LogP contribution in [0.15, 0.2) is 42.5 Å². The van der Waals surface area contributed by atoms with Crippen LogP contribution in [0.1, 0.15) is 25.0 Å². The summed E-state index contributed by atoms with van der Waals surface area (Å²) in [7, 11) is 0. The number of para-hydroxylation sites is 3. The molecule has 1 heterocycles. The predicted molar refractivity (Wildman–Crippen MR) is 90.1 cm³/mol. The van der Waals surface area contributed by atoms with E-state index in [0.717, 1.165) is 23.2 Å². The molecule has 1 N–H and O–H groups in total. The summed E-state index contributed by atoms with van der Waals surface area (Å²) in [4.78, 5) is 12.7. The topological polar surface area (TPSA) is 47.6 Å². The van der Waals surface area contributed by atoms with E-state index in [1.165, 1.54) is 0 Å². The van der Waals surface area contributed by atoms with Crippen LogP contribution in [0.3, 0.4) is 0 Å². The fraction of sp³-hybridized carbons (Fsp3) is 0.316. The van der Waals surface area contributed by atoms with Crippen LogP contribution in [0.2, 0.25) is 0 Å². The summed E-state index contributed by atoms with van der Waals surface area (Å²) in [6.07, 6.45) is -0.161. The zero-order valence-corrected chi connectivity index (χ0v) is 13.6. The Morgan fingerprint density at radius 1 is 1.09 bits per heavy atom. The van der Waals surface area contributed by atoms with Crippen molar-refractivity contribution in [1.29, 1.82) is 0 Å². The molecule has 3 rings (SSSR count). The Kier molecular flexibility index (Phi) is 4.24. The lowest BCUT2D eigenvalue weighted by atomic mass is 10.0. The van der Waals surface area contributed by atoms with Crippen LogP contribution < -0.4 is 14.8 Å². The third-order valence-corrected chi connectivity index (χ3v) is 4.09. The number of ether oxygens (including phenoxy) is 2. The third-order valence-electron chi connectivity index (χ3n) is 4.09. The Balaban J connectivity index is 1.82. The summed E-state index contributed by atoms with van der Waals surface area (Å²) >= 11 is 0. The molecule has 2 aromatic rings. The van der Waals surface area contributed by atoms with Crippen molar-refractivity contribution in [3.05, 3.63) is 53.6 Å². The third kappa shape index (κ3) is 3.02. The molecule has 4 nitrogen and oxygen atoms in total. The first kappa shape index (κ1) is 15.4. The number of nitrogens with one attached hydrogen (secondary N) is 1. The summed E-state index contributed by atoms with van der Waals surface area (Å²) in [5, 5.41) is 3.02. The van der Waals surface area contributed by atoms with Crippen molar-refractivity contribution in [3.8, 4) is 11.5 Å². The molecule has 2 aromatic carbocycles. The Bertz CT molecular complexity index is 726. The van der Waals surface area contributed by atoms with Crippen LogP contribution in [0.5, 0.6) is 11.5 Å². The van der Waals surface area contributed by atoms with E-state index in [2.05, 4.69) is 12.2 Å². The molecule has 1 aliphatic rings. The van der Waals surface area contributed by atoms with Crippen LogP contribution in [0, 0.1) is 6.92 Å². The second-order valence-electron chi connectivity index (χ2n) is 5.76. The molecular formula is C19H21NO3. The van der Waals surface area contributed by atoms with Crippen LogP contribution in [0.25, 0.3) is 0 Å². The molecule has 0 saturated carbocycles.